The lowest BCUT2D eigenvalue weighted by Crippen LogP contribution is -2.44. The van der Waals surface area contributed by atoms with Crippen LogP contribution in [0.2, 0.25) is 0 Å². The van der Waals surface area contributed by atoms with Gasteiger partial charge in [-0.1, -0.05) is 82.5 Å². The SMILES string of the molecule is CCCCCCn1cc(COC(=O)[C@H](Cc2ccccc2)NC2=C(Br)C(=O)O[C@@H]2O[C@@H]2C[C@@H]3CC[C@@]2(C)C3(C)C)nn1. The number of halogens is 1. The molecule has 1 aromatic heterocycles. The first-order valence-corrected chi connectivity index (χ1v) is 16.0. The summed E-state index contributed by atoms with van der Waals surface area (Å²) in [5.74, 6) is -0.406. The van der Waals surface area contributed by atoms with Gasteiger partial charge < -0.3 is 19.5 Å². The highest BCUT2D eigenvalue weighted by atomic mass is 79.9. The molecule has 2 saturated carbocycles. The number of nitrogens with one attached hydrogen (secondary N) is 1. The predicted molar refractivity (Wildman–Crippen MR) is 161 cm³/mol. The highest BCUT2D eigenvalue weighted by Gasteiger charge is 2.62. The second kappa shape index (κ2) is 12.9. The zero-order valence-corrected chi connectivity index (χ0v) is 26.7. The summed E-state index contributed by atoms with van der Waals surface area (Å²) in [5.41, 5.74) is 2.09. The molecule has 1 aromatic carbocycles. The quantitative estimate of drug-likeness (QED) is 0.203. The minimum Gasteiger partial charge on any atom is -0.458 e. The Balaban J connectivity index is 1.27. The van der Waals surface area contributed by atoms with Crippen molar-refractivity contribution >= 4 is 27.9 Å². The minimum atomic E-state index is -0.928. The van der Waals surface area contributed by atoms with Gasteiger partial charge in [0.25, 0.3) is 0 Å². The van der Waals surface area contributed by atoms with E-state index in [4.69, 9.17) is 14.2 Å². The highest BCUT2D eigenvalue weighted by molar-refractivity contribution is 9.12. The molecular weight excluding hydrogens is 600 g/mol. The Morgan fingerprint density at radius 3 is 2.69 bits per heavy atom. The molecule has 2 fully saturated rings. The Bertz CT molecular complexity index is 1290. The molecular formula is C32H43BrN4O5. The van der Waals surface area contributed by atoms with Crippen molar-refractivity contribution < 1.29 is 23.8 Å². The number of fused-ring (bicyclic) bond motifs is 2. The lowest BCUT2D eigenvalue weighted by molar-refractivity contribution is -0.184. The van der Waals surface area contributed by atoms with E-state index in [2.05, 4.69) is 59.3 Å². The highest BCUT2D eigenvalue weighted by Crippen LogP contribution is 2.66. The maximum absolute atomic E-state index is 13.5. The number of aromatic nitrogens is 3. The molecule has 2 heterocycles. The lowest BCUT2D eigenvalue weighted by Gasteiger charge is -2.39. The summed E-state index contributed by atoms with van der Waals surface area (Å²) in [6.07, 6.45) is 8.94. The van der Waals surface area contributed by atoms with Gasteiger partial charge >= 0.3 is 11.9 Å². The number of esters is 2. The molecule has 0 unspecified atom stereocenters. The summed E-state index contributed by atoms with van der Waals surface area (Å²) in [4.78, 5) is 26.2. The van der Waals surface area contributed by atoms with Crippen LogP contribution in [0.4, 0.5) is 0 Å². The smallest absolute Gasteiger partial charge is 0.349 e. The molecule has 1 N–H and O–H groups in total. The summed E-state index contributed by atoms with van der Waals surface area (Å²) in [5, 5.41) is 11.6. The third kappa shape index (κ3) is 6.30. The fraction of sp³-hybridized carbons (Fsp3) is 0.625. The molecule has 2 bridgehead atoms. The number of aryl methyl sites for hydroxylation is 1. The van der Waals surface area contributed by atoms with Gasteiger partial charge in [-0.15, -0.1) is 5.10 Å². The Hall–Kier alpha value is -2.72. The fourth-order valence-corrected chi connectivity index (χ4v) is 7.22. The van der Waals surface area contributed by atoms with Gasteiger partial charge in [-0.05, 0) is 63.9 Å². The maximum atomic E-state index is 13.5. The summed E-state index contributed by atoms with van der Waals surface area (Å²) < 4.78 is 20.0. The molecule has 10 heteroatoms. The molecule has 5 atom stereocenters. The largest absolute Gasteiger partial charge is 0.458 e. The molecule has 9 nitrogen and oxygen atoms in total. The minimum absolute atomic E-state index is 0.00718. The second-order valence-electron chi connectivity index (χ2n) is 12.7. The summed E-state index contributed by atoms with van der Waals surface area (Å²) in [7, 11) is 0. The molecule has 3 aliphatic rings. The average molecular weight is 644 g/mol. The Labute approximate surface area is 256 Å². The molecule has 0 spiro atoms. The van der Waals surface area contributed by atoms with Crippen LogP contribution < -0.4 is 5.32 Å². The van der Waals surface area contributed by atoms with Crippen molar-refractivity contribution in [2.75, 3.05) is 0 Å². The number of unbranched alkanes of at least 4 members (excludes halogenated alkanes) is 3. The van der Waals surface area contributed by atoms with E-state index >= 15 is 0 Å². The third-order valence-corrected chi connectivity index (χ3v) is 10.7. The summed E-state index contributed by atoms with van der Waals surface area (Å²) in [6, 6.07) is 8.91. The Morgan fingerprint density at radius 1 is 1.21 bits per heavy atom. The van der Waals surface area contributed by atoms with E-state index in [-0.39, 0.29) is 28.0 Å². The number of rotatable bonds is 14. The van der Waals surface area contributed by atoms with Crippen molar-refractivity contribution in [3.8, 4) is 0 Å². The van der Waals surface area contributed by atoms with Gasteiger partial charge in [0.05, 0.1) is 12.3 Å². The monoisotopic (exact) mass is 642 g/mol. The number of carbonyl (C=O) groups is 2. The molecule has 5 rings (SSSR count). The van der Waals surface area contributed by atoms with E-state index in [0.717, 1.165) is 37.8 Å². The van der Waals surface area contributed by atoms with Gasteiger partial charge in [0.2, 0.25) is 6.29 Å². The van der Waals surface area contributed by atoms with E-state index in [9.17, 15) is 9.59 Å². The standard InChI is InChI=1S/C32H43BrN4O5/c1-5-6-7-11-16-37-19-23(35-36-37)20-40-28(38)24(17-21-12-9-8-10-13-21)34-27-26(33)29(39)42-30(27)41-25-18-22-14-15-32(25,4)31(22,2)3/h8-10,12-13,19,22,24-25,30,34H,5-7,11,14-18,20H2,1-4H3/t22-,24-,25+,30-,32+/m0/s1. The number of benzene rings is 1. The van der Waals surface area contributed by atoms with Crippen LogP contribution in [0, 0.1) is 16.7 Å². The number of hydrogen-bond acceptors (Lipinski definition) is 8. The first-order chi connectivity index (χ1) is 20.1. The van der Waals surface area contributed by atoms with Gasteiger partial charge in [-0.3, -0.25) is 4.68 Å². The zero-order valence-electron chi connectivity index (χ0n) is 25.1. The van der Waals surface area contributed by atoms with Gasteiger partial charge in [-0.2, -0.15) is 0 Å². The first-order valence-electron chi connectivity index (χ1n) is 15.2. The van der Waals surface area contributed by atoms with Crippen LogP contribution in [0.5, 0.6) is 0 Å². The van der Waals surface area contributed by atoms with Crippen LogP contribution in [-0.4, -0.2) is 45.4 Å². The third-order valence-electron chi connectivity index (χ3n) is 9.95. The molecule has 0 radical (unpaired) electrons. The van der Waals surface area contributed by atoms with Gasteiger partial charge in [0, 0.05) is 13.0 Å². The van der Waals surface area contributed by atoms with Crippen LogP contribution in [0.3, 0.4) is 0 Å². The molecule has 2 aliphatic carbocycles. The first kappa shape index (κ1) is 30.7. The number of cyclic esters (lactones) is 1. The van der Waals surface area contributed by atoms with Crippen molar-refractivity contribution in [2.24, 2.45) is 16.7 Å². The fourth-order valence-electron chi connectivity index (χ4n) is 6.82. The molecule has 42 heavy (non-hydrogen) atoms. The van der Waals surface area contributed by atoms with Crippen LogP contribution in [-0.2, 0) is 43.4 Å². The number of hydrogen-bond donors (Lipinski definition) is 1. The van der Waals surface area contributed by atoms with E-state index in [1.54, 1.807) is 4.68 Å². The normalized spacial score (nSPS) is 26.9. The maximum Gasteiger partial charge on any atom is 0.349 e. The van der Waals surface area contributed by atoms with Crippen molar-refractivity contribution in [3.63, 3.8) is 0 Å². The topological polar surface area (TPSA) is 105 Å². The second-order valence-corrected chi connectivity index (χ2v) is 13.5. The van der Waals surface area contributed by atoms with Crippen molar-refractivity contribution in [3.05, 3.63) is 58.0 Å². The van der Waals surface area contributed by atoms with Crippen LogP contribution >= 0.6 is 15.9 Å². The van der Waals surface area contributed by atoms with Crippen LogP contribution in [0.1, 0.15) is 83.9 Å². The van der Waals surface area contributed by atoms with Gasteiger partial charge in [0.1, 0.15) is 28.5 Å². The van der Waals surface area contributed by atoms with Crippen molar-refractivity contribution in [2.45, 2.75) is 111 Å². The molecule has 1 aliphatic heterocycles. The van der Waals surface area contributed by atoms with Crippen LogP contribution in [0.15, 0.2) is 46.7 Å². The number of nitrogens with zero attached hydrogens (tertiary/aromatic N) is 3. The summed E-state index contributed by atoms with van der Waals surface area (Å²) in [6.45, 7) is 9.89. The zero-order chi connectivity index (χ0) is 29.9. The molecule has 228 valence electrons. The Kier molecular flexibility index (Phi) is 9.42. The molecule has 2 aromatic rings. The van der Waals surface area contributed by atoms with E-state index in [0.29, 0.717) is 23.7 Å². The number of carbonyl (C=O) groups excluding carboxylic acids is 2. The lowest BCUT2D eigenvalue weighted by atomic mass is 9.70. The predicted octanol–water partition coefficient (Wildman–Crippen LogP) is 5.82. The van der Waals surface area contributed by atoms with Gasteiger partial charge in [-0.25, -0.2) is 9.59 Å². The van der Waals surface area contributed by atoms with Gasteiger partial charge in [0.15, 0.2) is 0 Å². The summed E-state index contributed by atoms with van der Waals surface area (Å²) >= 11 is 3.40. The van der Waals surface area contributed by atoms with E-state index < -0.39 is 24.3 Å². The number of ether oxygens (including phenoxy) is 3. The Morgan fingerprint density at radius 2 is 2.00 bits per heavy atom. The van der Waals surface area contributed by atoms with E-state index in [1.807, 2.05) is 36.5 Å². The average Bonchev–Trinajstić information content (AvgIpc) is 3.65. The van der Waals surface area contributed by atoms with Crippen molar-refractivity contribution in [1.29, 1.82) is 0 Å². The van der Waals surface area contributed by atoms with Crippen molar-refractivity contribution in [1.82, 2.24) is 20.3 Å². The van der Waals surface area contributed by atoms with Crippen LogP contribution in [0.25, 0.3) is 0 Å². The molecule has 0 saturated heterocycles. The molecule has 0 amide bonds. The van der Waals surface area contributed by atoms with E-state index in [1.165, 1.54) is 19.3 Å².